The smallest absolute Gasteiger partial charge is 0.416 e. The van der Waals surface area contributed by atoms with E-state index in [1.807, 2.05) is 13.8 Å². The number of carbonyl (C=O) groups is 3. The third-order valence-electron chi connectivity index (χ3n) is 3.46. The zero-order valence-electron chi connectivity index (χ0n) is 14.4. The molecule has 0 aromatic carbocycles. The van der Waals surface area contributed by atoms with Gasteiger partial charge in [-0.2, -0.15) is 0 Å². The number of nitrogens with zero attached hydrogens (tertiary/aromatic N) is 1. The van der Waals surface area contributed by atoms with Crippen molar-refractivity contribution in [3.8, 4) is 12.3 Å². The van der Waals surface area contributed by atoms with Gasteiger partial charge in [-0.3, -0.25) is 9.59 Å². The van der Waals surface area contributed by atoms with Crippen LogP contribution in [-0.2, 0) is 19.1 Å². The maximum atomic E-state index is 12.7. The highest BCUT2D eigenvalue weighted by Crippen LogP contribution is 2.25. The van der Waals surface area contributed by atoms with Gasteiger partial charge in [-0.1, -0.05) is 13.8 Å². The molecule has 2 atom stereocenters. The van der Waals surface area contributed by atoms with Gasteiger partial charge in [0.15, 0.2) is 0 Å². The molecule has 0 aromatic rings. The summed E-state index contributed by atoms with van der Waals surface area (Å²) in [7, 11) is 0. The molecule has 1 heterocycles. The number of imide groups is 1. The largest absolute Gasteiger partial charge is 0.460 e. The van der Waals surface area contributed by atoms with Crippen LogP contribution in [0.25, 0.3) is 0 Å². The van der Waals surface area contributed by atoms with Gasteiger partial charge in [0.2, 0.25) is 5.91 Å². The van der Waals surface area contributed by atoms with E-state index in [-0.39, 0.29) is 31.4 Å². The molecule has 2 amide bonds. The third kappa shape index (κ3) is 5.27. The van der Waals surface area contributed by atoms with Crippen molar-refractivity contribution in [2.45, 2.75) is 59.1 Å². The molecule has 1 aliphatic heterocycles. The zero-order chi connectivity index (χ0) is 17.8. The number of hydrogen-bond acceptors (Lipinski definition) is 5. The second-order valence-electron chi connectivity index (χ2n) is 6.99. The third-order valence-corrected chi connectivity index (χ3v) is 3.46. The van der Waals surface area contributed by atoms with Gasteiger partial charge in [-0.15, -0.1) is 12.3 Å². The first-order chi connectivity index (χ1) is 10.6. The van der Waals surface area contributed by atoms with Crippen LogP contribution in [0.1, 0.15) is 47.5 Å². The summed E-state index contributed by atoms with van der Waals surface area (Å²) >= 11 is 0. The molecule has 1 saturated heterocycles. The van der Waals surface area contributed by atoms with Crippen molar-refractivity contribution in [2.75, 3.05) is 6.61 Å². The molecular weight excluding hydrogens is 298 g/mol. The number of esters is 1. The first kappa shape index (κ1) is 19.0. The Morgan fingerprint density at radius 1 is 1.43 bits per heavy atom. The monoisotopic (exact) mass is 323 g/mol. The lowest BCUT2D eigenvalue weighted by atomic mass is 9.97. The minimum absolute atomic E-state index is 0.0541. The Labute approximate surface area is 137 Å². The van der Waals surface area contributed by atoms with Crippen molar-refractivity contribution >= 4 is 18.0 Å². The van der Waals surface area contributed by atoms with E-state index in [9.17, 15) is 14.4 Å². The standard InChI is InChI=1S/C17H25NO5/c1-7-8-12(9-14(19)23-17(4,5)6)15(20)18-13(11(2)3)10-22-16(18)21/h1,11-13H,8-10H2,2-6H3/t12-,13-/m1/s1. The molecule has 0 aromatic heterocycles. The predicted molar refractivity (Wildman–Crippen MR) is 84.2 cm³/mol. The first-order valence-electron chi connectivity index (χ1n) is 7.72. The lowest BCUT2D eigenvalue weighted by Gasteiger charge is -2.26. The Hall–Kier alpha value is -2.03. The molecule has 128 valence electrons. The molecule has 1 fully saturated rings. The summed E-state index contributed by atoms with van der Waals surface area (Å²) in [6.07, 6.45) is 4.53. The van der Waals surface area contributed by atoms with Crippen LogP contribution in [0, 0.1) is 24.2 Å². The van der Waals surface area contributed by atoms with Crippen molar-refractivity contribution in [1.29, 1.82) is 0 Å². The summed E-state index contributed by atoms with van der Waals surface area (Å²) in [4.78, 5) is 37.6. The highest BCUT2D eigenvalue weighted by atomic mass is 16.6. The maximum Gasteiger partial charge on any atom is 0.416 e. The van der Waals surface area contributed by atoms with E-state index in [4.69, 9.17) is 15.9 Å². The highest BCUT2D eigenvalue weighted by Gasteiger charge is 2.42. The fraction of sp³-hybridized carbons (Fsp3) is 0.706. The summed E-state index contributed by atoms with van der Waals surface area (Å²) in [6, 6.07) is -0.339. The van der Waals surface area contributed by atoms with Gasteiger partial charge < -0.3 is 9.47 Å². The number of terminal acetylenes is 1. The van der Waals surface area contributed by atoms with E-state index < -0.39 is 29.5 Å². The van der Waals surface area contributed by atoms with E-state index in [2.05, 4.69) is 5.92 Å². The van der Waals surface area contributed by atoms with Crippen LogP contribution in [0.15, 0.2) is 0 Å². The van der Waals surface area contributed by atoms with Gasteiger partial charge in [-0.05, 0) is 26.7 Å². The fourth-order valence-electron chi connectivity index (χ4n) is 2.35. The summed E-state index contributed by atoms with van der Waals surface area (Å²) in [5.74, 6) is 0.665. The topological polar surface area (TPSA) is 72.9 Å². The summed E-state index contributed by atoms with van der Waals surface area (Å²) in [6.45, 7) is 9.20. The number of hydrogen-bond donors (Lipinski definition) is 0. The van der Waals surface area contributed by atoms with Crippen molar-refractivity contribution in [2.24, 2.45) is 11.8 Å². The highest BCUT2D eigenvalue weighted by molar-refractivity contribution is 5.96. The van der Waals surface area contributed by atoms with E-state index >= 15 is 0 Å². The molecule has 0 aliphatic carbocycles. The van der Waals surface area contributed by atoms with Gasteiger partial charge in [0.05, 0.1) is 18.4 Å². The summed E-state index contributed by atoms with van der Waals surface area (Å²) in [5, 5.41) is 0. The molecule has 6 nitrogen and oxygen atoms in total. The van der Waals surface area contributed by atoms with Crippen LogP contribution in [0.5, 0.6) is 0 Å². The van der Waals surface area contributed by atoms with E-state index in [0.717, 1.165) is 4.90 Å². The van der Waals surface area contributed by atoms with Crippen LogP contribution in [-0.4, -0.2) is 41.1 Å². The lowest BCUT2D eigenvalue weighted by molar-refractivity contribution is -0.158. The normalized spacial score (nSPS) is 19.3. The Bertz CT molecular complexity index is 512. The second kappa shape index (κ2) is 7.49. The molecule has 23 heavy (non-hydrogen) atoms. The zero-order valence-corrected chi connectivity index (χ0v) is 14.4. The van der Waals surface area contributed by atoms with Crippen LogP contribution >= 0.6 is 0 Å². The predicted octanol–water partition coefficient (Wildman–Crippen LogP) is 2.36. The number of amides is 2. The average Bonchev–Trinajstić information content (AvgIpc) is 2.77. The first-order valence-corrected chi connectivity index (χ1v) is 7.72. The SMILES string of the molecule is C#CC[C@H](CC(=O)OC(C)(C)C)C(=O)N1C(=O)OC[C@@H]1C(C)C. The molecule has 0 radical (unpaired) electrons. The molecule has 0 N–H and O–H groups in total. The van der Waals surface area contributed by atoms with E-state index in [1.165, 1.54) is 0 Å². The van der Waals surface area contributed by atoms with Crippen molar-refractivity contribution < 1.29 is 23.9 Å². The van der Waals surface area contributed by atoms with E-state index in [1.54, 1.807) is 20.8 Å². The lowest BCUT2D eigenvalue weighted by Crippen LogP contribution is -2.45. The number of rotatable bonds is 5. The molecule has 0 saturated carbocycles. The Morgan fingerprint density at radius 3 is 2.52 bits per heavy atom. The molecule has 1 rings (SSSR count). The van der Waals surface area contributed by atoms with Gasteiger partial charge in [0, 0.05) is 6.42 Å². The van der Waals surface area contributed by atoms with Crippen molar-refractivity contribution in [3.63, 3.8) is 0 Å². The minimum atomic E-state index is -0.790. The Balaban J connectivity index is 2.88. The van der Waals surface area contributed by atoms with Crippen LogP contribution in [0.3, 0.4) is 0 Å². The number of carbonyl (C=O) groups excluding carboxylic acids is 3. The summed E-state index contributed by atoms with van der Waals surface area (Å²) < 4.78 is 10.2. The maximum absolute atomic E-state index is 12.7. The molecule has 1 aliphatic rings. The minimum Gasteiger partial charge on any atom is -0.460 e. The number of cyclic esters (lactones) is 1. The van der Waals surface area contributed by atoms with Crippen molar-refractivity contribution in [1.82, 2.24) is 4.90 Å². The Morgan fingerprint density at radius 2 is 2.04 bits per heavy atom. The van der Waals surface area contributed by atoms with Gasteiger partial charge in [0.1, 0.15) is 12.2 Å². The fourth-order valence-corrected chi connectivity index (χ4v) is 2.35. The molecular formula is C17H25NO5. The average molecular weight is 323 g/mol. The van der Waals surface area contributed by atoms with Crippen LogP contribution < -0.4 is 0 Å². The second-order valence-corrected chi connectivity index (χ2v) is 6.99. The van der Waals surface area contributed by atoms with Gasteiger partial charge >= 0.3 is 12.1 Å². The van der Waals surface area contributed by atoms with Gasteiger partial charge in [0.25, 0.3) is 0 Å². The van der Waals surface area contributed by atoms with E-state index in [0.29, 0.717) is 0 Å². The van der Waals surface area contributed by atoms with Crippen molar-refractivity contribution in [3.05, 3.63) is 0 Å². The molecule has 0 unspecified atom stereocenters. The quantitative estimate of drug-likeness (QED) is 0.573. The van der Waals surface area contributed by atoms with Gasteiger partial charge in [-0.25, -0.2) is 9.69 Å². The molecule has 0 bridgehead atoms. The summed E-state index contributed by atoms with van der Waals surface area (Å²) in [5.41, 5.74) is -0.645. The molecule has 0 spiro atoms. The molecule has 6 heteroatoms. The van der Waals surface area contributed by atoms with Crippen LogP contribution in [0.2, 0.25) is 0 Å². The Kier molecular flexibility index (Phi) is 6.20. The van der Waals surface area contributed by atoms with Crippen LogP contribution in [0.4, 0.5) is 4.79 Å². The number of ether oxygens (including phenoxy) is 2.